The highest BCUT2D eigenvalue weighted by molar-refractivity contribution is 14.1. The van der Waals surface area contributed by atoms with Gasteiger partial charge in [-0.15, -0.1) is 0 Å². The van der Waals surface area contributed by atoms with E-state index in [4.69, 9.17) is 10.2 Å². The Morgan fingerprint density at radius 3 is 0.910 bits per heavy atom. The molecule has 0 bridgehead atoms. The van der Waals surface area contributed by atoms with E-state index in [1.807, 2.05) is 116 Å². The summed E-state index contributed by atoms with van der Waals surface area (Å²) in [7, 11) is -6.56. The molecule has 0 aliphatic carbocycles. The number of halogens is 22. The first-order valence-electron chi connectivity index (χ1n) is 30.3. The second-order valence-corrected chi connectivity index (χ2v) is 36.2. The molecule has 10 nitrogen and oxygen atoms in total. The number of alkyl halides is 9. The number of carbonyl (C=O) groups is 3. The Morgan fingerprint density at radius 1 is 0.387 bits per heavy atom. The van der Waals surface area contributed by atoms with Crippen LogP contribution in [0.3, 0.4) is 0 Å². The Balaban J connectivity index is 0.000000211. The molecule has 0 radical (unpaired) electrons. The van der Waals surface area contributed by atoms with Crippen molar-refractivity contribution in [2.45, 2.75) is 74.3 Å². The minimum Gasteiger partial charge on any atom is -0.748 e. The van der Waals surface area contributed by atoms with Crippen LogP contribution in [0.2, 0.25) is 0 Å². The number of aliphatic carboxylic acids is 1. The van der Waals surface area contributed by atoms with Crippen molar-refractivity contribution in [2.24, 2.45) is 0 Å². The van der Waals surface area contributed by atoms with Gasteiger partial charge in [0.25, 0.3) is 0 Å². The molecule has 1 unspecified atom stereocenters. The lowest BCUT2D eigenvalue weighted by Crippen LogP contribution is -2.62. The lowest BCUT2D eigenvalue weighted by atomic mass is 10.0. The molecule has 0 aromatic heterocycles. The highest BCUT2D eigenvalue weighted by Gasteiger charge is 2.76. The topological polar surface area (TPSA) is 181 Å². The van der Waals surface area contributed by atoms with E-state index < -0.39 is 85.8 Å². The molecule has 11 aromatic carbocycles. The van der Waals surface area contributed by atoms with Gasteiger partial charge in [0.2, 0.25) is 6.10 Å². The van der Waals surface area contributed by atoms with E-state index in [1.54, 1.807) is 120 Å². The molecule has 0 aliphatic rings. The second-order valence-electron chi connectivity index (χ2n) is 21.7. The quantitative estimate of drug-likeness (QED) is 0.0250. The van der Waals surface area contributed by atoms with Gasteiger partial charge >= 0.3 is 36.1 Å². The number of benzene rings is 11. The van der Waals surface area contributed by atoms with E-state index in [0.717, 1.165) is 45.0 Å². The van der Waals surface area contributed by atoms with Crippen molar-refractivity contribution in [3.05, 3.63) is 328 Å². The third kappa shape index (κ3) is 28.5. The molecule has 36 heteroatoms. The maximum Gasteiger partial charge on any atom is 0.437 e. The van der Waals surface area contributed by atoms with Crippen LogP contribution >= 0.6 is 136 Å². The van der Waals surface area contributed by atoms with Crippen LogP contribution in [0.4, 0.5) is 70.2 Å². The first-order chi connectivity index (χ1) is 51.9. The minimum absolute atomic E-state index is 0.130. The van der Waals surface area contributed by atoms with Gasteiger partial charge in [0.15, 0.2) is 44.1 Å². The van der Waals surface area contributed by atoms with Crippen molar-refractivity contribution in [2.75, 3.05) is 5.75 Å². The van der Waals surface area contributed by atoms with Gasteiger partial charge in [-0.05, 0) is 342 Å². The largest absolute Gasteiger partial charge is 0.748 e. The number of aliphatic hydroxyl groups is 1. The Bertz CT molecular complexity index is 4630. The van der Waals surface area contributed by atoms with E-state index in [-0.39, 0.29) is 62.7 Å². The Morgan fingerprint density at radius 2 is 0.658 bits per heavy atom. The van der Waals surface area contributed by atoms with Gasteiger partial charge in [0.1, 0.15) is 40.7 Å². The summed E-state index contributed by atoms with van der Waals surface area (Å²) in [6.45, 7) is 0. The highest BCUT2D eigenvalue weighted by atomic mass is 127. The van der Waals surface area contributed by atoms with Gasteiger partial charge in [-0.1, -0.05) is 42.5 Å². The Kier molecular flexibility index (Phi) is 36.0. The van der Waals surface area contributed by atoms with Crippen molar-refractivity contribution < 1.29 is 118 Å². The number of hydrogen-bond donors (Lipinski definition) is 2. The molecule has 0 aliphatic heterocycles. The molecule has 0 spiro atoms. The maximum absolute atomic E-state index is 13.6. The van der Waals surface area contributed by atoms with Crippen molar-refractivity contribution in [3.8, 4) is 0 Å². The van der Waals surface area contributed by atoms with E-state index >= 15 is 0 Å². The van der Waals surface area contributed by atoms with Crippen LogP contribution in [0.15, 0.2) is 299 Å². The molecule has 0 fully saturated rings. The number of carbonyl (C=O) groups excluding carboxylic acids is 2. The molecule has 111 heavy (non-hydrogen) atoms. The average molecular weight is 2300 g/mol. The number of aromatic carboxylic acids is 1. The zero-order chi connectivity index (χ0) is 82.5. The van der Waals surface area contributed by atoms with Crippen molar-refractivity contribution in [1.82, 2.24) is 0 Å². The fourth-order valence-electron chi connectivity index (χ4n) is 8.74. The number of carboxylic acids is 2. The highest BCUT2D eigenvalue weighted by Crippen LogP contribution is 2.43. The predicted octanol–water partition coefficient (Wildman–Crippen LogP) is 21.2. The van der Waals surface area contributed by atoms with Gasteiger partial charge in [-0.3, -0.25) is 0 Å². The monoisotopic (exact) mass is 2300 g/mol. The third-order valence-corrected chi connectivity index (χ3v) is 28.5. The Hall–Kier alpha value is -5.99. The Labute approximate surface area is 713 Å². The maximum atomic E-state index is 13.6. The molecule has 0 saturated heterocycles. The van der Waals surface area contributed by atoms with E-state index in [2.05, 4.69) is 74.2 Å². The molecular formula is C75H47F16I6O10S4+. The van der Waals surface area contributed by atoms with E-state index in [0.29, 0.717) is 10.7 Å². The summed E-state index contributed by atoms with van der Waals surface area (Å²) in [6, 6.07) is 71.0. The van der Waals surface area contributed by atoms with Crippen LogP contribution in [-0.4, -0.2) is 77.1 Å². The van der Waals surface area contributed by atoms with E-state index in [1.165, 1.54) is 94.7 Å². The van der Waals surface area contributed by atoms with Crippen molar-refractivity contribution in [1.29, 1.82) is 0 Å². The molecule has 0 heterocycles. The summed E-state index contributed by atoms with van der Waals surface area (Å²) < 4.78 is 240. The summed E-state index contributed by atoms with van der Waals surface area (Å²) >= 11 is 11.7. The molecule has 0 saturated carbocycles. The molecule has 0 amide bonds. The molecule has 2 N–H and O–H groups in total. The number of esters is 1. The number of hydrogen-bond acceptors (Lipinski definition) is 9. The molecular weight excluding hydrogens is 2250 g/mol. The van der Waals surface area contributed by atoms with Crippen LogP contribution in [0.1, 0.15) is 20.7 Å². The summed E-state index contributed by atoms with van der Waals surface area (Å²) in [5.74, 6) is -9.80. The fourth-order valence-corrected chi connectivity index (χ4v) is 20.3. The average Bonchev–Trinajstić information content (AvgIpc) is 0.753. The first kappa shape index (κ1) is 93.9. The summed E-state index contributed by atoms with van der Waals surface area (Å²) in [6.07, 6.45) is -20.8. The van der Waals surface area contributed by atoms with Crippen LogP contribution in [0.25, 0.3) is 0 Å². The predicted molar refractivity (Wildman–Crippen MR) is 432 cm³/mol. The van der Waals surface area contributed by atoms with Gasteiger partial charge in [0, 0.05) is 33.1 Å². The summed E-state index contributed by atoms with van der Waals surface area (Å²) in [5, 5.41) is 26.1. The lowest BCUT2D eigenvalue weighted by molar-refractivity contribution is -0.355. The minimum atomic E-state index is -6.31. The first-order valence-corrected chi connectivity index (χ1v) is 42.0. The lowest BCUT2D eigenvalue weighted by Gasteiger charge is -2.27. The molecule has 11 aromatic rings. The van der Waals surface area contributed by atoms with Gasteiger partial charge < -0.3 is 29.4 Å². The van der Waals surface area contributed by atoms with Crippen LogP contribution < -0.4 is 5.11 Å². The van der Waals surface area contributed by atoms with Crippen molar-refractivity contribution >= 4 is 196 Å². The summed E-state index contributed by atoms with van der Waals surface area (Å²) in [4.78, 5) is 40.8. The van der Waals surface area contributed by atoms with Gasteiger partial charge in [-0.2, -0.15) is 39.5 Å². The normalized spacial score (nSPS) is 11.7. The van der Waals surface area contributed by atoms with Crippen LogP contribution in [0.5, 0.6) is 0 Å². The second kappa shape index (κ2) is 42.6. The van der Waals surface area contributed by atoms with Crippen molar-refractivity contribution in [3.63, 3.8) is 0 Å². The molecule has 584 valence electrons. The van der Waals surface area contributed by atoms with Crippen LogP contribution in [-0.2, 0) is 52.3 Å². The molecule has 1 atom stereocenters. The number of rotatable bonds is 15. The van der Waals surface area contributed by atoms with Gasteiger partial charge in [-0.25, -0.2) is 48.7 Å². The van der Waals surface area contributed by atoms with E-state index in [9.17, 15) is 103 Å². The SMILES string of the molecule is Fc1ccc([S+](c2ccc(F)cc2)c2ccc(F)cc2)cc1.Fc1ccc([S+](c2ccc(F)cc2)c2ccc(F)cc2)cc1.Fc1cccc([S+](c2ccccc2)c2ccccc2)c1.O=C(O)C(O)(C(F)(F)F)C(F)(F)F.O=C(OC(CS(=O)(=O)[O-])C(F)(F)F)c1cc(I)cc(I)c1I.O=C([O-])c1cc(I)cc(I)c1I. The summed E-state index contributed by atoms with van der Waals surface area (Å²) in [5.41, 5.74) is -5.57. The number of carboxylic acid groups (broad SMARTS) is 2. The smallest absolute Gasteiger partial charge is 0.437 e. The zero-order valence-corrected chi connectivity index (χ0v) is 71.4. The van der Waals surface area contributed by atoms with Crippen LogP contribution in [0, 0.1) is 62.1 Å². The standard InChI is InChI=1S/2C18H12F3S.C18H14FS.C10H6F3I3O5S.C7H3I3O2.C4H2F6O3/c2*19-13-1-7-16(8-2-13)22(17-9-3-14(20)4-10-17)18-11-5-15(21)6-12-18;19-15-8-7-13-18(14-15)20(16-9-3-1-4-10-16)17-11-5-2-6-12-17;11-10(12,13)7(3-22(18,19)20)21-9(17)5-1-4(14)2-6(15)8(5)16;8-3-1-4(7(11)12)6(10)5(9)2-3;5-3(6,7)2(13,1(11)12)4(8,9)10/h2*1-12H;1-14H;1-2,7H,3H2,(H,18,19,20);1-2H,(H,11,12);13H,(H,11,12)/q3*+1;;;/p-2. The molecule has 11 rings (SSSR count). The number of ether oxygens (including phenoxy) is 1. The third-order valence-electron chi connectivity index (χ3n) is 13.8. The van der Waals surface area contributed by atoms with Gasteiger partial charge in [0.05, 0.1) is 60.1 Å². The fraction of sp³-hybridized carbons (Fsp3) is 0.0800. The zero-order valence-electron chi connectivity index (χ0n) is 55.1.